The number of unbranched alkanes of at least 4 members (excludes halogenated alkanes) is 2. The molecule has 3 aromatic rings. The fraction of sp³-hybridized carbons (Fsp3) is 0.364. The van der Waals surface area contributed by atoms with Gasteiger partial charge in [-0.3, -0.25) is 9.59 Å². The third-order valence-corrected chi connectivity index (χ3v) is 10.4. The number of ketones is 2. The van der Waals surface area contributed by atoms with Crippen molar-refractivity contribution >= 4 is 34.2 Å². The molecule has 54 heavy (non-hydrogen) atoms. The van der Waals surface area contributed by atoms with Crippen molar-refractivity contribution in [2.45, 2.75) is 79.1 Å². The van der Waals surface area contributed by atoms with Crippen molar-refractivity contribution in [3.63, 3.8) is 0 Å². The van der Waals surface area contributed by atoms with Gasteiger partial charge in [0.1, 0.15) is 34.8 Å². The van der Waals surface area contributed by atoms with Gasteiger partial charge in [0, 0.05) is 59.9 Å². The van der Waals surface area contributed by atoms with E-state index < -0.39 is 40.6 Å². The molecule has 10 heteroatoms. The number of hydrogen-bond acceptors (Lipinski definition) is 6. The number of benzene rings is 3. The van der Waals surface area contributed by atoms with Crippen molar-refractivity contribution in [3.8, 4) is 5.75 Å². The molecule has 0 saturated carbocycles. The topological polar surface area (TPSA) is 81.1 Å². The van der Waals surface area contributed by atoms with Crippen LogP contribution in [0.4, 0.5) is 34.6 Å². The molecule has 2 aliphatic rings. The number of aliphatic hydroxyl groups excluding tert-OH is 1. The van der Waals surface area contributed by atoms with E-state index in [1.165, 1.54) is 30.4 Å². The zero-order valence-electron chi connectivity index (χ0n) is 31.3. The minimum Gasteiger partial charge on any atom is -0.507 e. The Labute approximate surface area is 314 Å². The minimum absolute atomic E-state index is 0.00537. The van der Waals surface area contributed by atoms with E-state index in [4.69, 9.17) is 0 Å². The monoisotopic (exact) mass is 744 g/mol. The number of aliphatic hydroxyl groups is 1. The number of anilines is 3. The summed E-state index contributed by atoms with van der Waals surface area (Å²) < 4.78 is 58.9. The van der Waals surface area contributed by atoms with Crippen LogP contribution >= 0.6 is 0 Å². The molecule has 5 rings (SSSR count). The van der Waals surface area contributed by atoms with Crippen molar-refractivity contribution in [1.82, 2.24) is 0 Å². The van der Waals surface area contributed by atoms with Crippen LogP contribution in [0.15, 0.2) is 95.4 Å². The van der Waals surface area contributed by atoms with Crippen molar-refractivity contribution in [2.24, 2.45) is 11.8 Å². The Balaban J connectivity index is 1.47. The molecule has 0 radical (unpaired) electrons. The summed E-state index contributed by atoms with van der Waals surface area (Å²) in [6.07, 6.45) is 11.4. The van der Waals surface area contributed by atoms with Gasteiger partial charge in [0.05, 0.1) is 22.5 Å². The lowest BCUT2D eigenvalue weighted by molar-refractivity contribution is -0.114. The lowest BCUT2D eigenvalue weighted by Gasteiger charge is -2.32. The van der Waals surface area contributed by atoms with Crippen molar-refractivity contribution in [1.29, 1.82) is 0 Å². The molecule has 0 spiro atoms. The second-order valence-electron chi connectivity index (χ2n) is 14.1. The fourth-order valence-corrected chi connectivity index (χ4v) is 7.11. The Morgan fingerprint density at radius 1 is 0.667 bits per heavy atom. The first-order chi connectivity index (χ1) is 25.9. The van der Waals surface area contributed by atoms with Crippen molar-refractivity contribution < 1.29 is 37.4 Å². The number of hydrogen-bond donors (Lipinski definition) is 2. The first kappa shape index (κ1) is 40.1. The maximum Gasteiger partial charge on any atom is 0.202 e. The van der Waals surface area contributed by atoms with E-state index in [0.717, 1.165) is 87.8 Å². The molecule has 0 bridgehead atoms. The molecule has 6 nitrogen and oxygen atoms in total. The summed E-state index contributed by atoms with van der Waals surface area (Å²) in [6.45, 7) is 8.89. The second-order valence-corrected chi connectivity index (χ2v) is 14.1. The largest absolute Gasteiger partial charge is 0.507 e. The van der Waals surface area contributed by atoms with Crippen LogP contribution < -0.4 is 9.80 Å². The minimum atomic E-state index is -0.669. The van der Waals surface area contributed by atoms with E-state index in [-0.39, 0.29) is 51.2 Å². The molecule has 3 aromatic carbocycles. The van der Waals surface area contributed by atoms with Gasteiger partial charge in [-0.1, -0.05) is 66.2 Å². The summed E-state index contributed by atoms with van der Waals surface area (Å²) in [5.41, 5.74) is 0.175. The van der Waals surface area contributed by atoms with Crippen LogP contribution in [-0.4, -0.2) is 34.9 Å². The Morgan fingerprint density at radius 3 is 1.72 bits per heavy atom. The van der Waals surface area contributed by atoms with E-state index in [2.05, 4.69) is 13.8 Å². The Kier molecular flexibility index (Phi) is 13.2. The number of rotatable bonds is 17. The van der Waals surface area contributed by atoms with Gasteiger partial charge in [0.2, 0.25) is 5.78 Å². The van der Waals surface area contributed by atoms with Crippen LogP contribution in [0, 0.1) is 35.1 Å². The molecule has 2 aliphatic carbocycles. The summed E-state index contributed by atoms with van der Waals surface area (Å²) in [6, 6.07) is 10.7. The summed E-state index contributed by atoms with van der Waals surface area (Å²) in [7, 11) is 0. The number of carbonyl (C=O) groups excluding carboxylic acids is 2. The number of carbonyl (C=O) groups is 2. The second kappa shape index (κ2) is 17.8. The van der Waals surface area contributed by atoms with Crippen LogP contribution in [0.5, 0.6) is 5.75 Å². The van der Waals surface area contributed by atoms with Crippen molar-refractivity contribution in [3.05, 3.63) is 124 Å². The average molecular weight is 745 g/mol. The molecule has 0 aromatic heterocycles. The predicted octanol–water partition coefficient (Wildman–Crippen LogP) is 11.2. The maximum atomic E-state index is 15.1. The van der Waals surface area contributed by atoms with Gasteiger partial charge in [0.15, 0.2) is 5.78 Å². The molecule has 286 valence electrons. The highest BCUT2D eigenvalue weighted by Gasteiger charge is 2.40. The van der Waals surface area contributed by atoms with Gasteiger partial charge in [0.25, 0.3) is 0 Å². The number of Topliss-reactive ketones (excluding diaryl/α,β-unsaturated/α-hetero) is 1. The summed E-state index contributed by atoms with van der Waals surface area (Å²) in [4.78, 5) is 30.3. The first-order valence-corrected chi connectivity index (χ1v) is 18.9. The van der Waals surface area contributed by atoms with Gasteiger partial charge in [-0.25, -0.2) is 17.6 Å². The molecule has 2 unspecified atom stereocenters. The zero-order valence-corrected chi connectivity index (χ0v) is 31.3. The number of aromatic hydroxyl groups is 1. The smallest absolute Gasteiger partial charge is 0.202 e. The highest BCUT2D eigenvalue weighted by atomic mass is 19.1. The number of allylic oxidation sites excluding steroid dienone is 6. The van der Waals surface area contributed by atoms with Crippen molar-refractivity contribution in [2.75, 3.05) is 22.9 Å². The van der Waals surface area contributed by atoms with Crippen LogP contribution in [0.25, 0.3) is 5.57 Å². The molecule has 0 saturated heterocycles. The summed E-state index contributed by atoms with van der Waals surface area (Å²) in [5.74, 6) is -4.38. The van der Waals surface area contributed by atoms with Crippen LogP contribution in [0.1, 0.15) is 84.6 Å². The highest BCUT2D eigenvalue weighted by molar-refractivity contribution is 6.41. The fourth-order valence-electron chi connectivity index (χ4n) is 7.11. The average Bonchev–Trinajstić information content (AvgIpc) is 3.16. The molecule has 0 fully saturated rings. The SMILES string of the molecule is CCCCC(CC)CN(C1=CC(=O)/C(=C2/C(=O)C(c3ccc(N(CC(CC)CCCC)c4cc(F)ccc4F)cc3O)=C2O)C=C1)c1cc(F)ccc1F. The highest BCUT2D eigenvalue weighted by Crippen LogP contribution is 2.44. The molecule has 0 heterocycles. The molecule has 2 N–H and O–H groups in total. The molecular weight excluding hydrogens is 696 g/mol. The van der Waals surface area contributed by atoms with E-state index in [1.54, 1.807) is 15.9 Å². The number of phenolic OH excluding ortho intramolecular Hbond substituents is 1. The van der Waals surface area contributed by atoms with Crippen LogP contribution in [0.3, 0.4) is 0 Å². The standard InChI is InChI=1S/C44H48F4N2O4/c1-5-9-11-27(7-3)25-49(37-21-29(45)13-19-35(37)47)31-15-17-33(39(51)23-31)41-43(53)42(44(41)54)34-18-16-32(24-40(34)52)50(26-28(8-4)12-10-6-2)38-22-30(46)14-20-36(38)48/h13-24,27-28,51,53H,5-12,25-26H2,1-4H3/b42-34+. The first-order valence-electron chi connectivity index (χ1n) is 18.9. The normalized spacial score (nSPS) is 16.7. The van der Waals surface area contributed by atoms with E-state index >= 15 is 8.78 Å². The molecular formula is C44H48F4N2O4. The van der Waals surface area contributed by atoms with Crippen LogP contribution in [0.2, 0.25) is 0 Å². The van der Waals surface area contributed by atoms with Crippen LogP contribution in [-0.2, 0) is 9.59 Å². The Hall–Kier alpha value is -5.12. The lowest BCUT2D eigenvalue weighted by Crippen LogP contribution is -2.31. The molecule has 2 atom stereocenters. The quantitative estimate of drug-likeness (QED) is 0.106. The van der Waals surface area contributed by atoms with Gasteiger partial charge in [-0.05, 0) is 73.2 Å². The molecule has 0 aliphatic heterocycles. The lowest BCUT2D eigenvalue weighted by atomic mass is 9.79. The molecule has 0 amide bonds. The Morgan fingerprint density at radius 2 is 1.22 bits per heavy atom. The predicted molar refractivity (Wildman–Crippen MR) is 206 cm³/mol. The third kappa shape index (κ3) is 8.64. The zero-order chi connectivity index (χ0) is 39.1. The summed E-state index contributed by atoms with van der Waals surface area (Å²) >= 11 is 0. The number of halogens is 4. The van der Waals surface area contributed by atoms with Gasteiger partial charge < -0.3 is 20.0 Å². The number of phenols is 1. The number of nitrogens with zero attached hydrogens (tertiary/aromatic N) is 2. The van der Waals surface area contributed by atoms with Gasteiger partial charge in [-0.2, -0.15) is 0 Å². The third-order valence-electron chi connectivity index (χ3n) is 10.4. The maximum absolute atomic E-state index is 15.1. The van der Waals surface area contributed by atoms with E-state index in [9.17, 15) is 28.6 Å². The summed E-state index contributed by atoms with van der Waals surface area (Å²) in [5, 5.41) is 22.4. The van der Waals surface area contributed by atoms with E-state index in [0.29, 0.717) is 24.5 Å². The Bertz CT molecular complexity index is 2020. The van der Waals surface area contributed by atoms with E-state index in [1.807, 2.05) is 13.8 Å². The van der Waals surface area contributed by atoms with Gasteiger partial charge >= 0.3 is 0 Å². The van der Waals surface area contributed by atoms with Gasteiger partial charge in [-0.15, -0.1) is 0 Å².